The van der Waals surface area contributed by atoms with Crippen molar-refractivity contribution >= 4 is 5.96 Å². The number of aliphatic imine (C=N–C) groups is 1. The van der Waals surface area contributed by atoms with Gasteiger partial charge in [0.15, 0.2) is 5.96 Å². The Balaban J connectivity index is 2.07. The summed E-state index contributed by atoms with van der Waals surface area (Å²) in [6.07, 6.45) is 1.75. The molecule has 0 spiro atoms. The summed E-state index contributed by atoms with van der Waals surface area (Å²) in [7, 11) is 4.17. The number of guanidine groups is 1. The second kappa shape index (κ2) is 11.8. The van der Waals surface area contributed by atoms with E-state index in [1.807, 2.05) is 24.3 Å². The largest absolute Gasteiger partial charge is 0.489 e. The van der Waals surface area contributed by atoms with E-state index in [-0.39, 0.29) is 0 Å². The zero-order chi connectivity index (χ0) is 20.2. The minimum atomic E-state index is 0.488. The van der Waals surface area contributed by atoms with E-state index in [2.05, 4.69) is 67.4 Å². The Morgan fingerprint density at radius 3 is 2.39 bits per heavy atom. The molecule has 0 heterocycles. The van der Waals surface area contributed by atoms with Gasteiger partial charge in [0.25, 0.3) is 0 Å². The van der Waals surface area contributed by atoms with Crippen molar-refractivity contribution < 1.29 is 4.74 Å². The summed E-state index contributed by atoms with van der Waals surface area (Å²) in [4.78, 5) is 6.92. The Kier molecular flexibility index (Phi) is 9.08. The van der Waals surface area contributed by atoms with Crippen LogP contribution in [0.4, 0.5) is 0 Å². The average Bonchev–Trinajstić information content (AvgIpc) is 2.69. The molecule has 0 aliphatic rings. The van der Waals surface area contributed by atoms with Gasteiger partial charge in [0, 0.05) is 25.2 Å². The maximum atomic E-state index is 5.73. The fourth-order valence-electron chi connectivity index (χ4n) is 2.83. The number of nitrogens with one attached hydrogen (secondary N) is 2. The molecule has 0 fully saturated rings. The quantitative estimate of drug-likeness (QED) is 0.376. The topological polar surface area (TPSA) is 48.9 Å². The monoisotopic (exact) mass is 380 g/mol. The van der Waals surface area contributed by atoms with Gasteiger partial charge in [0.1, 0.15) is 12.4 Å². The molecule has 0 unspecified atom stereocenters. The highest BCUT2D eigenvalue weighted by Gasteiger charge is 2.06. The van der Waals surface area contributed by atoms with Gasteiger partial charge in [-0.1, -0.05) is 55.1 Å². The van der Waals surface area contributed by atoms with Crippen LogP contribution in [0.5, 0.6) is 5.75 Å². The summed E-state index contributed by atoms with van der Waals surface area (Å²) in [5, 5.41) is 6.76. The first-order chi connectivity index (χ1) is 13.6. The van der Waals surface area contributed by atoms with Crippen LogP contribution in [-0.2, 0) is 19.6 Å². The Morgan fingerprint density at radius 2 is 1.71 bits per heavy atom. The molecule has 0 amide bonds. The third-order valence-electron chi connectivity index (χ3n) is 4.13. The Hall–Kier alpha value is -2.79. The average molecular weight is 381 g/mol. The van der Waals surface area contributed by atoms with Crippen LogP contribution in [0.15, 0.2) is 66.2 Å². The van der Waals surface area contributed by atoms with E-state index in [9.17, 15) is 0 Å². The van der Waals surface area contributed by atoms with Gasteiger partial charge in [-0.05, 0) is 38.2 Å². The molecule has 0 aliphatic carbocycles. The van der Waals surface area contributed by atoms with Crippen LogP contribution >= 0.6 is 0 Å². The van der Waals surface area contributed by atoms with Gasteiger partial charge in [-0.2, -0.15) is 0 Å². The lowest BCUT2D eigenvalue weighted by Crippen LogP contribution is -2.37. The van der Waals surface area contributed by atoms with Crippen LogP contribution in [0.25, 0.3) is 0 Å². The molecule has 5 heteroatoms. The lowest BCUT2D eigenvalue weighted by Gasteiger charge is -2.16. The van der Waals surface area contributed by atoms with Crippen LogP contribution in [0.3, 0.4) is 0 Å². The first-order valence-electron chi connectivity index (χ1n) is 9.69. The maximum Gasteiger partial charge on any atom is 0.191 e. The van der Waals surface area contributed by atoms with Gasteiger partial charge in [0.05, 0.1) is 6.54 Å². The predicted octanol–water partition coefficient (Wildman–Crippen LogP) is 3.57. The summed E-state index contributed by atoms with van der Waals surface area (Å²) < 4.78 is 5.73. The molecular weight excluding hydrogens is 348 g/mol. The highest BCUT2D eigenvalue weighted by atomic mass is 16.5. The standard InChI is InChI=1S/C23H32N4O/c1-5-15-28-22-14-10-9-12-20(22)17-26-23(24-6-2)25-16-19-11-7-8-13-21(19)18-27(3)4/h5,7-14H,1,6,15-18H2,2-4H3,(H2,24,25,26). The fourth-order valence-corrected chi connectivity index (χ4v) is 2.83. The molecule has 5 nitrogen and oxygen atoms in total. The van der Waals surface area contributed by atoms with E-state index in [1.165, 1.54) is 11.1 Å². The van der Waals surface area contributed by atoms with Gasteiger partial charge in [-0.25, -0.2) is 4.99 Å². The number of para-hydroxylation sites is 1. The normalized spacial score (nSPS) is 11.4. The van der Waals surface area contributed by atoms with Crippen LogP contribution < -0.4 is 15.4 Å². The highest BCUT2D eigenvalue weighted by molar-refractivity contribution is 5.79. The van der Waals surface area contributed by atoms with Crippen LogP contribution in [-0.4, -0.2) is 38.1 Å². The van der Waals surface area contributed by atoms with Crippen molar-refractivity contribution in [1.82, 2.24) is 15.5 Å². The van der Waals surface area contributed by atoms with E-state index in [0.717, 1.165) is 36.9 Å². The molecule has 0 aromatic heterocycles. The fraction of sp³-hybridized carbons (Fsp3) is 0.348. The van der Waals surface area contributed by atoms with Crippen molar-refractivity contribution in [2.24, 2.45) is 4.99 Å². The zero-order valence-corrected chi connectivity index (χ0v) is 17.2. The van der Waals surface area contributed by atoms with Gasteiger partial charge in [0.2, 0.25) is 0 Å². The molecule has 2 rings (SSSR count). The number of hydrogen-bond donors (Lipinski definition) is 2. The molecule has 2 N–H and O–H groups in total. The van der Waals surface area contributed by atoms with Crippen molar-refractivity contribution in [2.45, 2.75) is 26.6 Å². The summed E-state index contributed by atoms with van der Waals surface area (Å²) in [6.45, 7) is 9.25. The molecule has 28 heavy (non-hydrogen) atoms. The van der Waals surface area contributed by atoms with Crippen molar-refractivity contribution in [1.29, 1.82) is 0 Å². The molecule has 0 atom stereocenters. The summed E-state index contributed by atoms with van der Waals surface area (Å²) in [5.74, 6) is 1.64. The molecule has 2 aromatic rings. The minimum absolute atomic E-state index is 0.488. The number of hydrogen-bond acceptors (Lipinski definition) is 3. The van der Waals surface area contributed by atoms with Gasteiger partial charge < -0.3 is 20.3 Å². The molecule has 0 radical (unpaired) electrons. The number of rotatable bonds is 10. The highest BCUT2D eigenvalue weighted by Crippen LogP contribution is 2.19. The van der Waals surface area contributed by atoms with E-state index < -0.39 is 0 Å². The van der Waals surface area contributed by atoms with E-state index in [0.29, 0.717) is 13.2 Å². The molecule has 2 aromatic carbocycles. The summed E-state index contributed by atoms with van der Waals surface area (Å²) >= 11 is 0. The predicted molar refractivity (Wildman–Crippen MR) is 118 cm³/mol. The van der Waals surface area contributed by atoms with Crippen molar-refractivity contribution in [3.8, 4) is 5.75 Å². The van der Waals surface area contributed by atoms with E-state index in [1.54, 1.807) is 6.08 Å². The molecular formula is C23H32N4O. The third kappa shape index (κ3) is 7.08. The van der Waals surface area contributed by atoms with Crippen LogP contribution in [0, 0.1) is 0 Å². The van der Waals surface area contributed by atoms with Crippen LogP contribution in [0.1, 0.15) is 23.6 Å². The second-order valence-electron chi connectivity index (χ2n) is 6.76. The maximum absolute atomic E-state index is 5.73. The van der Waals surface area contributed by atoms with E-state index >= 15 is 0 Å². The molecule has 0 saturated carbocycles. The number of benzene rings is 2. The van der Waals surface area contributed by atoms with Crippen molar-refractivity contribution in [3.63, 3.8) is 0 Å². The molecule has 0 aliphatic heterocycles. The zero-order valence-electron chi connectivity index (χ0n) is 17.2. The van der Waals surface area contributed by atoms with Gasteiger partial charge in [-0.15, -0.1) is 0 Å². The summed E-state index contributed by atoms with van der Waals surface area (Å²) in [5.41, 5.74) is 3.64. The Labute approximate surface area is 169 Å². The summed E-state index contributed by atoms with van der Waals surface area (Å²) in [6, 6.07) is 16.5. The van der Waals surface area contributed by atoms with Gasteiger partial charge in [-0.3, -0.25) is 0 Å². The third-order valence-corrected chi connectivity index (χ3v) is 4.13. The number of ether oxygens (including phenoxy) is 1. The van der Waals surface area contributed by atoms with Gasteiger partial charge >= 0.3 is 0 Å². The lowest BCUT2D eigenvalue weighted by molar-refractivity contribution is 0.359. The Bertz CT molecular complexity index is 771. The second-order valence-corrected chi connectivity index (χ2v) is 6.76. The van der Waals surface area contributed by atoms with Crippen molar-refractivity contribution in [2.75, 3.05) is 27.2 Å². The first-order valence-corrected chi connectivity index (χ1v) is 9.69. The number of nitrogens with zero attached hydrogens (tertiary/aromatic N) is 2. The van der Waals surface area contributed by atoms with Crippen molar-refractivity contribution in [3.05, 3.63) is 77.9 Å². The smallest absolute Gasteiger partial charge is 0.191 e. The lowest BCUT2D eigenvalue weighted by atomic mass is 10.1. The Morgan fingerprint density at radius 1 is 1.04 bits per heavy atom. The molecule has 150 valence electrons. The van der Waals surface area contributed by atoms with Crippen LogP contribution in [0.2, 0.25) is 0 Å². The SMILES string of the molecule is C=CCOc1ccccc1CN=C(NCC)NCc1ccccc1CN(C)C. The van der Waals surface area contributed by atoms with E-state index in [4.69, 9.17) is 9.73 Å². The molecule has 0 bridgehead atoms. The first kappa shape index (κ1) is 21.5. The molecule has 0 saturated heterocycles. The minimum Gasteiger partial charge on any atom is -0.489 e.